The second kappa shape index (κ2) is 6.34. The Morgan fingerprint density at radius 3 is 2.81 bits per heavy atom. The summed E-state index contributed by atoms with van der Waals surface area (Å²) in [6.45, 7) is 6.26. The first kappa shape index (κ1) is 16.2. The molecule has 4 fully saturated rings. The van der Waals surface area contributed by atoms with Crippen molar-refractivity contribution in [2.75, 3.05) is 33.0 Å². The zero-order chi connectivity index (χ0) is 17.7. The van der Waals surface area contributed by atoms with Crippen molar-refractivity contribution in [1.29, 1.82) is 0 Å². The fourth-order valence-electron chi connectivity index (χ4n) is 5.43. The monoisotopic (exact) mass is 357 g/mol. The average molecular weight is 357 g/mol. The Morgan fingerprint density at radius 1 is 1.19 bits per heavy atom. The molecule has 1 N–H and O–H groups in total. The molecular formula is C20H27N3O3. The highest BCUT2D eigenvalue weighted by Gasteiger charge is 2.54. The van der Waals surface area contributed by atoms with Crippen LogP contribution in [0.3, 0.4) is 0 Å². The Bertz CT molecular complexity index is 702. The number of nitrogens with one attached hydrogen (secondary N) is 1. The summed E-state index contributed by atoms with van der Waals surface area (Å²) < 4.78 is 11.1. The van der Waals surface area contributed by atoms with Gasteiger partial charge in [0.15, 0.2) is 11.5 Å². The van der Waals surface area contributed by atoms with E-state index in [2.05, 4.69) is 34.2 Å². The van der Waals surface area contributed by atoms with Crippen molar-refractivity contribution >= 4 is 6.03 Å². The van der Waals surface area contributed by atoms with Crippen molar-refractivity contribution in [3.63, 3.8) is 0 Å². The van der Waals surface area contributed by atoms with Crippen LogP contribution < -0.4 is 14.8 Å². The number of hydrogen-bond acceptors (Lipinski definition) is 4. The van der Waals surface area contributed by atoms with Crippen molar-refractivity contribution in [1.82, 2.24) is 15.1 Å². The van der Waals surface area contributed by atoms with Crippen molar-refractivity contribution in [2.45, 2.75) is 44.2 Å². The maximum Gasteiger partial charge on any atom is 0.317 e. The second-order valence-electron chi connectivity index (χ2n) is 7.96. The molecule has 5 aliphatic rings. The van der Waals surface area contributed by atoms with E-state index in [-0.39, 0.29) is 6.03 Å². The lowest BCUT2D eigenvalue weighted by Gasteiger charge is -2.51. The molecular weight excluding hydrogens is 330 g/mol. The Balaban J connectivity index is 1.47. The molecule has 1 aromatic rings. The molecule has 4 saturated heterocycles. The first-order valence-corrected chi connectivity index (χ1v) is 9.94. The highest BCUT2D eigenvalue weighted by atomic mass is 16.7. The van der Waals surface area contributed by atoms with Gasteiger partial charge in [-0.15, -0.1) is 0 Å². The summed E-state index contributed by atoms with van der Waals surface area (Å²) in [7, 11) is 0. The van der Waals surface area contributed by atoms with E-state index >= 15 is 0 Å². The third-order valence-electron chi connectivity index (χ3n) is 6.61. The number of carbonyl (C=O) groups is 1. The lowest BCUT2D eigenvalue weighted by Crippen LogP contribution is -2.61. The third-order valence-corrected chi connectivity index (χ3v) is 6.61. The smallest absolute Gasteiger partial charge is 0.317 e. The number of carbonyl (C=O) groups excluding carboxylic acids is 1. The topological polar surface area (TPSA) is 54.0 Å². The number of hydrogen-bond donors (Lipinski definition) is 1. The second-order valence-corrected chi connectivity index (χ2v) is 7.96. The number of urea groups is 1. The largest absolute Gasteiger partial charge is 0.454 e. The van der Waals surface area contributed by atoms with E-state index in [1.165, 1.54) is 18.4 Å². The summed E-state index contributed by atoms with van der Waals surface area (Å²) in [5, 5.41) is 3.10. The first-order chi connectivity index (χ1) is 12.8. The van der Waals surface area contributed by atoms with Gasteiger partial charge in [-0.3, -0.25) is 4.90 Å². The van der Waals surface area contributed by atoms with Crippen LogP contribution in [0.4, 0.5) is 4.79 Å². The molecule has 1 aromatic carbocycles. The van der Waals surface area contributed by atoms with Crippen LogP contribution in [0.5, 0.6) is 11.5 Å². The van der Waals surface area contributed by atoms with Crippen LogP contribution in [0.15, 0.2) is 18.2 Å². The van der Waals surface area contributed by atoms with Crippen molar-refractivity contribution in [2.24, 2.45) is 5.92 Å². The summed E-state index contributed by atoms with van der Waals surface area (Å²) in [6, 6.07) is 7.18. The number of fused-ring (bicyclic) bond motifs is 3. The Labute approximate surface area is 154 Å². The zero-order valence-corrected chi connectivity index (χ0v) is 15.3. The normalized spacial score (nSPS) is 34.0. The van der Waals surface area contributed by atoms with Crippen molar-refractivity contribution < 1.29 is 14.3 Å². The molecule has 0 spiro atoms. The number of nitrogens with zero attached hydrogens (tertiary/aromatic N) is 2. The predicted octanol–water partition coefficient (Wildman–Crippen LogP) is 2.40. The van der Waals surface area contributed by atoms with E-state index in [1.54, 1.807) is 0 Å². The van der Waals surface area contributed by atoms with Crippen molar-refractivity contribution in [3.8, 4) is 11.5 Å². The molecule has 140 valence electrons. The standard InChI is InChI=1S/C20H27N3O3/c1-2-7-21-20(24)23-11-15(14-3-4-16-17(10-14)26-12-25-16)19-18(23)13-5-8-22(19)9-6-13/h3-4,10,13,15,18-19H,2,5-9,11-12H2,1H3,(H,21,24)/t15-,18+,19+/m0/s1. The third kappa shape index (κ3) is 2.46. The average Bonchev–Trinajstić information content (AvgIpc) is 3.32. The Morgan fingerprint density at radius 2 is 2.00 bits per heavy atom. The summed E-state index contributed by atoms with van der Waals surface area (Å²) in [4.78, 5) is 17.6. The molecule has 0 radical (unpaired) electrons. The molecule has 6 heteroatoms. The Hall–Kier alpha value is -1.95. The minimum Gasteiger partial charge on any atom is -0.454 e. The van der Waals surface area contributed by atoms with Crippen LogP contribution in [0.1, 0.15) is 37.7 Å². The molecule has 0 aromatic heterocycles. The van der Waals surface area contributed by atoms with Gasteiger partial charge in [-0.1, -0.05) is 13.0 Å². The summed E-state index contributed by atoms with van der Waals surface area (Å²) >= 11 is 0. The van der Waals surface area contributed by atoms with Crippen LogP contribution in [0.25, 0.3) is 0 Å². The fraction of sp³-hybridized carbons (Fsp3) is 0.650. The fourth-order valence-corrected chi connectivity index (χ4v) is 5.43. The highest BCUT2D eigenvalue weighted by Crippen LogP contribution is 2.47. The van der Waals surface area contributed by atoms with E-state index in [0.29, 0.717) is 30.7 Å². The number of benzene rings is 1. The van der Waals surface area contributed by atoms with Crippen molar-refractivity contribution in [3.05, 3.63) is 23.8 Å². The molecule has 6 rings (SSSR count). The van der Waals surface area contributed by atoms with E-state index in [1.807, 2.05) is 6.07 Å². The highest BCUT2D eigenvalue weighted by molar-refractivity contribution is 5.75. The summed E-state index contributed by atoms with van der Waals surface area (Å²) in [5.41, 5.74) is 1.27. The molecule has 6 nitrogen and oxygen atoms in total. The maximum atomic E-state index is 12.9. The molecule has 3 atom stereocenters. The van der Waals surface area contributed by atoms with Crippen LogP contribution in [0, 0.1) is 5.92 Å². The molecule has 2 bridgehead atoms. The van der Waals surface area contributed by atoms with Gasteiger partial charge in [-0.05, 0) is 56.0 Å². The number of amides is 2. The quantitative estimate of drug-likeness (QED) is 0.903. The van der Waals surface area contributed by atoms with E-state index < -0.39 is 0 Å². The van der Waals surface area contributed by atoms with E-state index in [4.69, 9.17) is 9.47 Å². The van der Waals surface area contributed by atoms with Gasteiger partial charge in [0.2, 0.25) is 6.79 Å². The van der Waals surface area contributed by atoms with Crippen LogP contribution in [-0.2, 0) is 0 Å². The number of piperidine rings is 3. The Kier molecular flexibility index (Phi) is 3.96. The SMILES string of the molecule is CCCNC(=O)N1C[C@@H](c2ccc3c(c2)OCO3)[C@@H]2[C@H]1C1CCN2CC1. The first-order valence-electron chi connectivity index (χ1n) is 9.94. The van der Waals surface area contributed by atoms with Gasteiger partial charge in [0.1, 0.15) is 0 Å². The van der Waals surface area contributed by atoms with Gasteiger partial charge >= 0.3 is 6.03 Å². The van der Waals surface area contributed by atoms with Gasteiger partial charge in [-0.25, -0.2) is 4.79 Å². The lowest BCUT2D eigenvalue weighted by molar-refractivity contribution is 0.00355. The molecule has 5 aliphatic heterocycles. The number of ether oxygens (including phenoxy) is 2. The maximum absolute atomic E-state index is 12.9. The van der Waals surface area contributed by atoms with E-state index in [0.717, 1.165) is 44.1 Å². The predicted molar refractivity (Wildman–Crippen MR) is 97.6 cm³/mol. The summed E-state index contributed by atoms with van der Waals surface area (Å²) in [5.74, 6) is 2.64. The lowest BCUT2D eigenvalue weighted by atomic mass is 9.75. The van der Waals surface area contributed by atoms with Crippen LogP contribution in [0.2, 0.25) is 0 Å². The van der Waals surface area contributed by atoms with Gasteiger partial charge in [-0.2, -0.15) is 0 Å². The van der Waals surface area contributed by atoms with Crippen LogP contribution in [-0.4, -0.2) is 60.9 Å². The molecule has 0 aliphatic carbocycles. The van der Waals surface area contributed by atoms with Gasteiger partial charge in [0, 0.05) is 25.0 Å². The molecule has 26 heavy (non-hydrogen) atoms. The van der Waals surface area contributed by atoms with Crippen LogP contribution >= 0.6 is 0 Å². The molecule has 2 amide bonds. The van der Waals surface area contributed by atoms with E-state index in [9.17, 15) is 4.79 Å². The zero-order valence-electron chi connectivity index (χ0n) is 15.3. The minimum absolute atomic E-state index is 0.110. The van der Waals surface area contributed by atoms with Gasteiger partial charge < -0.3 is 19.7 Å². The van der Waals surface area contributed by atoms with Gasteiger partial charge in [0.25, 0.3) is 0 Å². The molecule has 0 unspecified atom stereocenters. The van der Waals surface area contributed by atoms with Gasteiger partial charge in [0.05, 0.1) is 6.04 Å². The number of rotatable bonds is 3. The molecule has 5 heterocycles. The summed E-state index contributed by atoms with van der Waals surface area (Å²) in [6.07, 6.45) is 3.40. The molecule has 0 saturated carbocycles. The minimum atomic E-state index is 0.110. The number of likely N-dealkylation sites (tertiary alicyclic amines) is 1.